The molecule has 0 amide bonds. The summed E-state index contributed by atoms with van der Waals surface area (Å²) in [5.74, 6) is 0. The van der Waals surface area contributed by atoms with E-state index in [1.54, 1.807) is 0 Å². The van der Waals surface area contributed by atoms with Crippen LogP contribution < -0.4 is 0 Å². The van der Waals surface area contributed by atoms with Crippen molar-refractivity contribution in [2.75, 3.05) is 0 Å². The molecule has 0 aliphatic heterocycles. The molecule has 1 aliphatic carbocycles. The minimum atomic E-state index is -0.463. The Hall–Kier alpha value is -6.24. The molecule has 0 heteroatoms. The van der Waals surface area contributed by atoms with E-state index in [1.165, 1.54) is 88.0 Å². The van der Waals surface area contributed by atoms with Crippen LogP contribution in [0.4, 0.5) is 0 Å². The molecular weight excluding hydrogens is 589 g/mol. The van der Waals surface area contributed by atoms with E-state index in [1.807, 2.05) is 0 Å². The van der Waals surface area contributed by atoms with Crippen molar-refractivity contribution in [2.24, 2.45) is 0 Å². The van der Waals surface area contributed by atoms with Crippen molar-refractivity contribution in [1.82, 2.24) is 0 Å². The Balaban J connectivity index is 1.23. The molecule has 0 saturated carbocycles. The molecule has 9 aromatic rings. The van der Waals surface area contributed by atoms with E-state index in [0.29, 0.717) is 0 Å². The molecule has 49 heavy (non-hydrogen) atoms. The quantitative estimate of drug-likeness (QED) is 0.184. The van der Waals surface area contributed by atoms with Gasteiger partial charge in [0.05, 0.1) is 5.41 Å². The summed E-state index contributed by atoms with van der Waals surface area (Å²) in [5, 5.41) is 7.58. The topological polar surface area (TPSA) is 0 Å². The SMILES string of the molecule is c1ccc(C2(c3ccccc3)c3ccccc3-c3c(-c4ccc5cc(-c6ccc7ccccc7c6)ccc5c4)cc4ccccc4c32)cc1. The van der Waals surface area contributed by atoms with Crippen LogP contribution in [0.3, 0.4) is 0 Å². The smallest absolute Gasteiger partial charge is 0.0622 e. The molecule has 0 fully saturated rings. The maximum atomic E-state index is 2.42. The van der Waals surface area contributed by atoms with Crippen LogP contribution in [0, 0.1) is 0 Å². The Labute approximate surface area is 286 Å². The number of rotatable bonds is 4. The predicted octanol–water partition coefficient (Wildman–Crippen LogP) is 12.8. The maximum absolute atomic E-state index is 2.42. The Bertz CT molecular complexity index is 2660. The zero-order valence-corrected chi connectivity index (χ0v) is 27.0. The number of hydrogen-bond acceptors (Lipinski definition) is 0. The van der Waals surface area contributed by atoms with Crippen LogP contribution in [0.1, 0.15) is 22.3 Å². The van der Waals surface area contributed by atoms with Crippen LogP contribution in [0.2, 0.25) is 0 Å². The van der Waals surface area contributed by atoms with Crippen molar-refractivity contribution in [2.45, 2.75) is 5.41 Å². The Morgan fingerprint density at radius 2 is 0.796 bits per heavy atom. The molecule has 0 aromatic heterocycles. The summed E-state index contributed by atoms with van der Waals surface area (Å²) in [5.41, 5.74) is 12.4. The van der Waals surface area contributed by atoms with E-state index in [0.717, 1.165) is 0 Å². The standard InChI is InChI=1S/C49H32/c1-3-16-41(17-4-1)49(42-18-5-2-6-19-42)46-22-12-11-21-44(46)47-45(32-39-15-9-10-20-43(39)48(47)49)40-28-27-37-30-36(25-26-38(37)31-40)35-24-23-33-13-7-8-14-34(33)29-35/h1-32H. The van der Waals surface area contributed by atoms with Gasteiger partial charge in [-0.2, -0.15) is 0 Å². The van der Waals surface area contributed by atoms with Crippen molar-refractivity contribution >= 4 is 32.3 Å². The highest BCUT2D eigenvalue weighted by Crippen LogP contribution is 2.60. The first kappa shape index (κ1) is 27.8. The van der Waals surface area contributed by atoms with Crippen molar-refractivity contribution in [1.29, 1.82) is 0 Å². The fourth-order valence-electron chi connectivity index (χ4n) is 8.51. The average Bonchev–Trinajstić information content (AvgIpc) is 3.50. The van der Waals surface area contributed by atoms with Gasteiger partial charge in [0.25, 0.3) is 0 Å². The summed E-state index contributed by atoms with van der Waals surface area (Å²) in [6.07, 6.45) is 0. The average molecular weight is 621 g/mol. The van der Waals surface area contributed by atoms with Crippen molar-refractivity contribution in [3.8, 4) is 33.4 Å². The summed E-state index contributed by atoms with van der Waals surface area (Å²) in [4.78, 5) is 0. The van der Waals surface area contributed by atoms with Crippen LogP contribution in [0.15, 0.2) is 194 Å². The van der Waals surface area contributed by atoms with Gasteiger partial charge in [-0.15, -0.1) is 0 Å². The highest BCUT2D eigenvalue weighted by atomic mass is 14.5. The number of fused-ring (bicyclic) bond motifs is 7. The molecule has 0 bridgehead atoms. The molecule has 0 nitrogen and oxygen atoms in total. The van der Waals surface area contributed by atoms with Gasteiger partial charge in [0.2, 0.25) is 0 Å². The second-order valence-electron chi connectivity index (χ2n) is 13.3. The largest absolute Gasteiger partial charge is 0.0719 e. The van der Waals surface area contributed by atoms with E-state index in [-0.39, 0.29) is 0 Å². The normalized spacial score (nSPS) is 13.1. The van der Waals surface area contributed by atoms with Gasteiger partial charge in [0.15, 0.2) is 0 Å². The van der Waals surface area contributed by atoms with Gasteiger partial charge in [-0.05, 0) is 112 Å². The third-order valence-electron chi connectivity index (χ3n) is 10.7. The molecule has 10 rings (SSSR count). The van der Waals surface area contributed by atoms with E-state index >= 15 is 0 Å². The van der Waals surface area contributed by atoms with Gasteiger partial charge >= 0.3 is 0 Å². The minimum absolute atomic E-state index is 0.463. The first-order valence-electron chi connectivity index (χ1n) is 17.1. The summed E-state index contributed by atoms with van der Waals surface area (Å²) in [6, 6.07) is 71.9. The predicted molar refractivity (Wildman–Crippen MR) is 207 cm³/mol. The van der Waals surface area contributed by atoms with Gasteiger partial charge in [0.1, 0.15) is 0 Å². The lowest BCUT2D eigenvalue weighted by Crippen LogP contribution is -2.28. The fourth-order valence-corrected chi connectivity index (χ4v) is 8.51. The Morgan fingerprint density at radius 3 is 1.49 bits per heavy atom. The lowest BCUT2D eigenvalue weighted by molar-refractivity contribution is 0.775. The highest BCUT2D eigenvalue weighted by molar-refractivity contribution is 6.07. The summed E-state index contributed by atoms with van der Waals surface area (Å²) in [7, 11) is 0. The van der Waals surface area contributed by atoms with Crippen LogP contribution in [-0.4, -0.2) is 0 Å². The summed E-state index contributed by atoms with van der Waals surface area (Å²) in [6.45, 7) is 0. The fraction of sp³-hybridized carbons (Fsp3) is 0.0204. The third kappa shape index (κ3) is 4.17. The maximum Gasteiger partial charge on any atom is 0.0719 e. The second-order valence-corrected chi connectivity index (χ2v) is 13.3. The molecule has 1 aliphatic rings. The Morgan fingerprint density at radius 1 is 0.306 bits per heavy atom. The highest BCUT2D eigenvalue weighted by Gasteiger charge is 2.48. The zero-order chi connectivity index (χ0) is 32.4. The summed E-state index contributed by atoms with van der Waals surface area (Å²) >= 11 is 0. The van der Waals surface area contributed by atoms with E-state index < -0.39 is 5.41 Å². The minimum Gasteiger partial charge on any atom is -0.0622 e. The first-order valence-corrected chi connectivity index (χ1v) is 17.1. The lowest BCUT2D eigenvalue weighted by Gasteiger charge is -2.35. The van der Waals surface area contributed by atoms with Gasteiger partial charge in [0, 0.05) is 0 Å². The molecule has 0 atom stereocenters. The van der Waals surface area contributed by atoms with E-state index in [2.05, 4.69) is 194 Å². The van der Waals surface area contributed by atoms with Crippen LogP contribution >= 0.6 is 0 Å². The van der Waals surface area contributed by atoms with Gasteiger partial charge in [-0.25, -0.2) is 0 Å². The van der Waals surface area contributed by atoms with Gasteiger partial charge in [-0.3, -0.25) is 0 Å². The molecule has 0 radical (unpaired) electrons. The van der Waals surface area contributed by atoms with Crippen molar-refractivity contribution in [3.63, 3.8) is 0 Å². The van der Waals surface area contributed by atoms with E-state index in [9.17, 15) is 0 Å². The molecule has 0 saturated heterocycles. The van der Waals surface area contributed by atoms with E-state index in [4.69, 9.17) is 0 Å². The third-order valence-corrected chi connectivity index (χ3v) is 10.7. The first-order chi connectivity index (χ1) is 24.3. The Kier molecular flexibility index (Phi) is 6.19. The second kappa shape index (κ2) is 10.9. The molecule has 9 aromatic carbocycles. The zero-order valence-electron chi connectivity index (χ0n) is 27.0. The molecule has 0 spiro atoms. The van der Waals surface area contributed by atoms with Gasteiger partial charge in [-0.1, -0.05) is 170 Å². The molecule has 0 unspecified atom stereocenters. The molecule has 228 valence electrons. The molecule has 0 heterocycles. The molecular formula is C49H32. The van der Waals surface area contributed by atoms with Crippen molar-refractivity contribution in [3.05, 3.63) is 216 Å². The van der Waals surface area contributed by atoms with Crippen LogP contribution in [0.5, 0.6) is 0 Å². The number of hydrogen-bond donors (Lipinski definition) is 0. The molecule has 0 N–H and O–H groups in total. The monoisotopic (exact) mass is 620 g/mol. The van der Waals surface area contributed by atoms with Gasteiger partial charge < -0.3 is 0 Å². The van der Waals surface area contributed by atoms with Crippen LogP contribution in [-0.2, 0) is 5.41 Å². The number of benzene rings is 9. The van der Waals surface area contributed by atoms with Crippen molar-refractivity contribution < 1.29 is 0 Å². The summed E-state index contributed by atoms with van der Waals surface area (Å²) < 4.78 is 0. The van der Waals surface area contributed by atoms with Crippen LogP contribution in [0.25, 0.3) is 65.7 Å². The lowest BCUT2D eigenvalue weighted by atomic mass is 9.66.